The van der Waals surface area contributed by atoms with E-state index >= 15 is 0 Å². The van der Waals surface area contributed by atoms with E-state index in [4.69, 9.17) is 14.5 Å². The Morgan fingerprint density at radius 1 is 1.13 bits per heavy atom. The summed E-state index contributed by atoms with van der Waals surface area (Å²) in [4.78, 5) is 28.2. The average molecular weight is 416 g/mol. The highest BCUT2D eigenvalue weighted by Gasteiger charge is 2.16. The molecule has 0 aliphatic carbocycles. The van der Waals surface area contributed by atoms with Gasteiger partial charge >= 0.3 is 12.1 Å². The molecule has 30 heavy (non-hydrogen) atoms. The summed E-state index contributed by atoms with van der Waals surface area (Å²) in [6.45, 7) is 8.81. The Bertz CT molecular complexity index is 835. The second kappa shape index (κ2) is 10.8. The van der Waals surface area contributed by atoms with Gasteiger partial charge in [0.2, 0.25) is 0 Å². The maximum atomic E-state index is 11.8. The molecule has 0 bridgehead atoms. The SMILES string of the molecule is CCCCc1nc(CCNC(=O)OC(C)(C)C)cn1Cc1ccc(C(=O)OC)cc1. The van der Waals surface area contributed by atoms with Gasteiger partial charge in [-0.3, -0.25) is 0 Å². The van der Waals surface area contributed by atoms with Crippen LogP contribution < -0.4 is 5.32 Å². The maximum absolute atomic E-state index is 11.8. The molecule has 0 spiro atoms. The number of aromatic nitrogens is 2. The topological polar surface area (TPSA) is 82.5 Å². The summed E-state index contributed by atoms with van der Waals surface area (Å²) in [5.74, 6) is 0.689. The van der Waals surface area contributed by atoms with Crippen molar-refractivity contribution >= 4 is 12.1 Å². The van der Waals surface area contributed by atoms with E-state index in [0.717, 1.165) is 36.3 Å². The lowest BCUT2D eigenvalue weighted by Crippen LogP contribution is -2.33. The first-order chi connectivity index (χ1) is 14.2. The van der Waals surface area contributed by atoms with Crippen molar-refractivity contribution in [1.29, 1.82) is 0 Å². The smallest absolute Gasteiger partial charge is 0.407 e. The molecular formula is C23H33N3O4. The van der Waals surface area contributed by atoms with Crippen LogP contribution in [0.4, 0.5) is 4.79 Å². The number of benzene rings is 1. The third kappa shape index (κ3) is 7.54. The largest absolute Gasteiger partial charge is 0.465 e. The van der Waals surface area contributed by atoms with Gasteiger partial charge < -0.3 is 19.4 Å². The number of alkyl carbamates (subject to hydrolysis) is 1. The van der Waals surface area contributed by atoms with E-state index in [-0.39, 0.29) is 5.97 Å². The van der Waals surface area contributed by atoms with Crippen LogP contribution in [0.15, 0.2) is 30.5 Å². The zero-order chi connectivity index (χ0) is 22.1. The normalized spacial score (nSPS) is 11.2. The standard InChI is InChI=1S/C23H33N3O4/c1-6-7-8-20-25-19(13-14-24-22(28)30-23(2,3)4)16-26(20)15-17-9-11-18(12-10-17)21(27)29-5/h9-12,16H,6-8,13-15H2,1-5H3,(H,24,28). The molecule has 0 saturated carbocycles. The molecule has 7 heteroatoms. The van der Waals surface area contributed by atoms with Crippen molar-refractivity contribution in [2.75, 3.05) is 13.7 Å². The van der Waals surface area contributed by atoms with E-state index in [9.17, 15) is 9.59 Å². The minimum atomic E-state index is -0.512. The lowest BCUT2D eigenvalue weighted by Gasteiger charge is -2.19. The highest BCUT2D eigenvalue weighted by atomic mass is 16.6. The molecule has 2 rings (SSSR count). The minimum absolute atomic E-state index is 0.340. The molecule has 0 radical (unpaired) electrons. The Morgan fingerprint density at radius 2 is 1.83 bits per heavy atom. The highest BCUT2D eigenvalue weighted by molar-refractivity contribution is 5.89. The number of amides is 1. The number of aryl methyl sites for hydroxylation is 1. The van der Waals surface area contributed by atoms with E-state index < -0.39 is 11.7 Å². The minimum Gasteiger partial charge on any atom is -0.465 e. The summed E-state index contributed by atoms with van der Waals surface area (Å²) in [6, 6.07) is 7.41. The fraction of sp³-hybridized carbons (Fsp3) is 0.522. The highest BCUT2D eigenvalue weighted by Crippen LogP contribution is 2.13. The number of rotatable bonds is 9. The predicted molar refractivity (Wildman–Crippen MR) is 116 cm³/mol. The molecule has 0 unspecified atom stereocenters. The first kappa shape index (κ1) is 23.4. The zero-order valence-electron chi connectivity index (χ0n) is 18.7. The van der Waals surface area contributed by atoms with E-state index in [2.05, 4.69) is 16.8 Å². The average Bonchev–Trinajstić information content (AvgIpc) is 3.06. The van der Waals surface area contributed by atoms with Gasteiger partial charge in [0.25, 0.3) is 0 Å². The van der Waals surface area contributed by atoms with Crippen molar-refractivity contribution in [3.05, 3.63) is 53.1 Å². The van der Waals surface area contributed by atoms with Crippen LogP contribution >= 0.6 is 0 Å². The van der Waals surface area contributed by atoms with Crippen LogP contribution in [0.1, 0.15) is 68.0 Å². The summed E-state index contributed by atoms with van der Waals surface area (Å²) in [5.41, 5.74) is 2.04. The van der Waals surface area contributed by atoms with Crippen molar-refractivity contribution in [2.45, 2.75) is 65.5 Å². The van der Waals surface area contributed by atoms with Gasteiger partial charge in [-0.05, 0) is 44.9 Å². The van der Waals surface area contributed by atoms with Crippen molar-refractivity contribution in [3.63, 3.8) is 0 Å². The first-order valence-corrected chi connectivity index (χ1v) is 10.4. The fourth-order valence-electron chi connectivity index (χ4n) is 2.97. The third-order valence-corrected chi connectivity index (χ3v) is 4.44. The maximum Gasteiger partial charge on any atom is 0.407 e. The monoisotopic (exact) mass is 415 g/mol. The quantitative estimate of drug-likeness (QED) is 0.623. The number of carbonyl (C=O) groups excluding carboxylic acids is 2. The van der Waals surface area contributed by atoms with Crippen LogP contribution in [-0.4, -0.2) is 40.9 Å². The van der Waals surface area contributed by atoms with E-state index in [0.29, 0.717) is 25.1 Å². The zero-order valence-corrected chi connectivity index (χ0v) is 18.7. The van der Waals surface area contributed by atoms with Crippen LogP contribution in [0.2, 0.25) is 0 Å². The van der Waals surface area contributed by atoms with Crippen molar-refractivity contribution < 1.29 is 19.1 Å². The predicted octanol–water partition coefficient (Wildman–Crippen LogP) is 4.13. The third-order valence-electron chi connectivity index (χ3n) is 4.44. The second-order valence-corrected chi connectivity index (χ2v) is 8.25. The van der Waals surface area contributed by atoms with Gasteiger partial charge in [-0.15, -0.1) is 0 Å². The summed E-state index contributed by atoms with van der Waals surface area (Å²) >= 11 is 0. The number of nitrogens with zero attached hydrogens (tertiary/aromatic N) is 2. The van der Waals surface area contributed by atoms with Crippen LogP contribution in [0.3, 0.4) is 0 Å². The Morgan fingerprint density at radius 3 is 2.43 bits per heavy atom. The molecule has 1 heterocycles. The van der Waals surface area contributed by atoms with Gasteiger partial charge in [0.1, 0.15) is 11.4 Å². The lowest BCUT2D eigenvalue weighted by molar-refractivity contribution is 0.0527. The lowest BCUT2D eigenvalue weighted by atomic mass is 10.1. The number of carbonyl (C=O) groups is 2. The molecule has 0 aliphatic heterocycles. The van der Waals surface area contributed by atoms with Crippen LogP contribution in [0, 0.1) is 0 Å². The van der Waals surface area contributed by atoms with Crippen molar-refractivity contribution in [1.82, 2.24) is 14.9 Å². The van der Waals surface area contributed by atoms with E-state index in [1.807, 2.05) is 39.1 Å². The van der Waals surface area contributed by atoms with Crippen LogP contribution in [0.25, 0.3) is 0 Å². The molecule has 0 atom stereocenters. The number of nitrogens with one attached hydrogen (secondary N) is 1. The molecule has 7 nitrogen and oxygen atoms in total. The van der Waals surface area contributed by atoms with Gasteiger partial charge in [0.15, 0.2) is 0 Å². The molecule has 2 aromatic rings. The number of methoxy groups -OCH3 is 1. The molecule has 0 aliphatic rings. The molecule has 1 amide bonds. The summed E-state index contributed by atoms with van der Waals surface area (Å²) in [6.07, 6.45) is 5.31. The van der Waals surface area contributed by atoms with Gasteiger partial charge in [-0.2, -0.15) is 0 Å². The molecule has 1 aromatic heterocycles. The van der Waals surface area contributed by atoms with Crippen LogP contribution in [-0.2, 0) is 28.9 Å². The van der Waals surface area contributed by atoms with E-state index in [1.54, 1.807) is 12.1 Å². The molecule has 0 saturated heterocycles. The molecule has 0 fully saturated rings. The number of hydrogen-bond donors (Lipinski definition) is 1. The molecule has 164 valence electrons. The Labute approximate surface area is 178 Å². The Balaban J connectivity index is 2.03. The number of imidazole rings is 1. The van der Waals surface area contributed by atoms with Gasteiger partial charge in [-0.1, -0.05) is 25.5 Å². The van der Waals surface area contributed by atoms with Gasteiger partial charge in [-0.25, -0.2) is 14.6 Å². The van der Waals surface area contributed by atoms with Gasteiger partial charge in [0.05, 0.1) is 18.4 Å². The first-order valence-electron chi connectivity index (χ1n) is 10.4. The number of esters is 1. The molecule has 1 N–H and O–H groups in total. The molecule has 1 aromatic carbocycles. The number of unbranched alkanes of at least 4 members (excludes halogenated alkanes) is 1. The van der Waals surface area contributed by atoms with Crippen LogP contribution in [0.5, 0.6) is 0 Å². The number of ether oxygens (including phenoxy) is 2. The summed E-state index contributed by atoms with van der Waals surface area (Å²) in [7, 11) is 1.38. The Hall–Kier alpha value is -2.83. The van der Waals surface area contributed by atoms with Crippen molar-refractivity contribution in [2.24, 2.45) is 0 Å². The Kier molecular flexibility index (Phi) is 8.45. The van der Waals surface area contributed by atoms with E-state index in [1.165, 1.54) is 7.11 Å². The molecular weight excluding hydrogens is 382 g/mol. The van der Waals surface area contributed by atoms with Gasteiger partial charge in [0, 0.05) is 32.1 Å². The summed E-state index contributed by atoms with van der Waals surface area (Å²) in [5, 5.41) is 2.78. The second-order valence-electron chi connectivity index (χ2n) is 8.25. The fourth-order valence-corrected chi connectivity index (χ4v) is 2.97. The summed E-state index contributed by atoms with van der Waals surface area (Å²) < 4.78 is 12.2. The number of hydrogen-bond acceptors (Lipinski definition) is 5. The van der Waals surface area contributed by atoms with Crippen molar-refractivity contribution in [3.8, 4) is 0 Å².